The Kier molecular flexibility index (Phi) is 5.21. The maximum absolute atomic E-state index is 12.7. The third-order valence-corrected chi connectivity index (χ3v) is 4.56. The van der Waals surface area contributed by atoms with E-state index in [4.69, 9.17) is 4.74 Å². The molecule has 7 nitrogen and oxygen atoms in total. The number of hydrogen-bond acceptors (Lipinski definition) is 4. The number of carbonyl (C=O) groups is 1. The fourth-order valence-electron chi connectivity index (χ4n) is 3.33. The highest BCUT2D eigenvalue weighted by atomic mass is 16.5. The number of likely N-dealkylation sites (tertiary alicyclic amines) is 1. The molecule has 0 spiro atoms. The topological polar surface area (TPSA) is 72.3 Å². The number of ether oxygens (including phenoxy) is 1. The van der Waals surface area contributed by atoms with Crippen molar-refractivity contribution in [1.29, 1.82) is 0 Å². The Labute approximate surface area is 148 Å². The van der Waals surface area contributed by atoms with Gasteiger partial charge >= 0.3 is 6.03 Å². The van der Waals surface area contributed by atoms with E-state index >= 15 is 0 Å². The van der Waals surface area contributed by atoms with Crippen LogP contribution in [0.5, 0.6) is 5.75 Å². The molecule has 25 heavy (non-hydrogen) atoms. The standard InChI is InChI=1S/C18H25N5O2/c1-4-25-15-9-7-14(8-10-15)16-6-5-11-23(16)18(24)20-13(2)17-21-19-12-22(17)3/h7-10,12-13,16H,4-6,11H2,1-3H3,(H,20,24)/t13-,16+/m0/s1. The lowest BCUT2D eigenvalue weighted by atomic mass is 10.0. The molecular weight excluding hydrogens is 318 g/mol. The maximum atomic E-state index is 12.7. The normalized spacial score (nSPS) is 18.2. The first-order valence-electron chi connectivity index (χ1n) is 8.74. The van der Waals surface area contributed by atoms with Gasteiger partial charge in [0.1, 0.15) is 12.1 Å². The first-order chi connectivity index (χ1) is 12.1. The Morgan fingerprint density at radius 1 is 1.40 bits per heavy atom. The van der Waals surface area contributed by atoms with E-state index in [0.29, 0.717) is 6.61 Å². The van der Waals surface area contributed by atoms with Crippen molar-refractivity contribution in [2.45, 2.75) is 38.8 Å². The third kappa shape index (κ3) is 3.75. The van der Waals surface area contributed by atoms with Crippen LogP contribution in [0.1, 0.15) is 50.2 Å². The van der Waals surface area contributed by atoms with Crippen LogP contribution < -0.4 is 10.1 Å². The van der Waals surface area contributed by atoms with Gasteiger partial charge in [-0.15, -0.1) is 10.2 Å². The van der Waals surface area contributed by atoms with Crippen molar-refractivity contribution in [3.05, 3.63) is 42.0 Å². The van der Waals surface area contributed by atoms with Gasteiger partial charge in [0.05, 0.1) is 18.7 Å². The summed E-state index contributed by atoms with van der Waals surface area (Å²) in [5, 5.41) is 11.0. The van der Waals surface area contributed by atoms with E-state index in [9.17, 15) is 4.79 Å². The molecule has 0 aliphatic carbocycles. The summed E-state index contributed by atoms with van der Waals surface area (Å²) >= 11 is 0. The van der Waals surface area contributed by atoms with E-state index in [-0.39, 0.29) is 18.1 Å². The van der Waals surface area contributed by atoms with Crippen molar-refractivity contribution in [1.82, 2.24) is 25.0 Å². The van der Waals surface area contributed by atoms with Crippen molar-refractivity contribution in [2.24, 2.45) is 7.05 Å². The molecule has 0 unspecified atom stereocenters. The van der Waals surface area contributed by atoms with Crippen molar-refractivity contribution in [3.8, 4) is 5.75 Å². The number of rotatable bonds is 5. The Morgan fingerprint density at radius 2 is 2.16 bits per heavy atom. The minimum absolute atomic E-state index is 0.0631. The molecular formula is C18H25N5O2. The molecule has 7 heteroatoms. The van der Waals surface area contributed by atoms with Gasteiger partial charge in [-0.25, -0.2) is 4.79 Å². The molecule has 1 saturated heterocycles. The molecule has 1 aromatic heterocycles. The molecule has 2 aromatic rings. The van der Waals surface area contributed by atoms with Crippen LogP contribution in [-0.2, 0) is 7.05 Å². The maximum Gasteiger partial charge on any atom is 0.318 e. The zero-order valence-corrected chi connectivity index (χ0v) is 15.0. The van der Waals surface area contributed by atoms with Crippen LogP contribution in [0.4, 0.5) is 4.79 Å². The lowest BCUT2D eigenvalue weighted by Crippen LogP contribution is -2.41. The van der Waals surface area contributed by atoms with Gasteiger partial charge in [0.2, 0.25) is 0 Å². The molecule has 2 heterocycles. The summed E-state index contributed by atoms with van der Waals surface area (Å²) in [5.41, 5.74) is 1.14. The lowest BCUT2D eigenvalue weighted by molar-refractivity contribution is 0.189. The molecule has 0 saturated carbocycles. The van der Waals surface area contributed by atoms with Crippen LogP contribution in [-0.4, -0.2) is 38.8 Å². The summed E-state index contributed by atoms with van der Waals surface area (Å²) in [5.74, 6) is 1.60. The zero-order valence-electron chi connectivity index (χ0n) is 15.0. The molecule has 134 valence electrons. The molecule has 1 N–H and O–H groups in total. The van der Waals surface area contributed by atoms with Crippen LogP contribution in [0.25, 0.3) is 0 Å². The number of carbonyl (C=O) groups excluding carboxylic acids is 1. The minimum atomic E-state index is -0.193. The average Bonchev–Trinajstić information content (AvgIpc) is 3.24. The number of nitrogens with one attached hydrogen (secondary N) is 1. The molecule has 0 radical (unpaired) electrons. The molecule has 0 bridgehead atoms. The summed E-state index contributed by atoms with van der Waals surface area (Å²) in [4.78, 5) is 14.7. The number of aromatic nitrogens is 3. The molecule has 1 fully saturated rings. The van der Waals surface area contributed by atoms with Crippen molar-refractivity contribution in [2.75, 3.05) is 13.2 Å². The number of benzene rings is 1. The highest BCUT2D eigenvalue weighted by Gasteiger charge is 2.31. The molecule has 1 aliphatic rings. The van der Waals surface area contributed by atoms with Crippen LogP contribution in [0.15, 0.2) is 30.6 Å². The summed E-state index contributed by atoms with van der Waals surface area (Å²) in [7, 11) is 1.87. The Morgan fingerprint density at radius 3 is 2.80 bits per heavy atom. The Hall–Kier alpha value is -2.57. The first-order valence-corrected chi connectivity index (χ1v) is 8.74. The van der Waals surface area contributed by atoms with E-state index in [1.54, 1.807) is 6.33 Å². The van der Waals surface area contributed by atoms with Crippen LogP contribution >= 0.6 is 0 Å². The molecule has 3 rings (SSSR count). The van der Waals surface area contributed by atoms with E-state index in [1.807, 2.05) is 54.6 Å². The van der Waals surface area contributed by atoms with Gasteiger partial charge < -0.3 is 19.5 Å². The zero-order chi connectivity index (χ0) is 17.8. The quantitative estimate of drug-likeness (QED) is 0.906. The van der Waals surface area contributed by atoms with Crippen molar-refractivity contribution >= 4 is 6.03 Å². The SMILES string of the molecule is CCOc1ccc([C@H]2CCCN2C(=O)N[C@@H](C)c2nncn2C)cc1. The molecule has 1 aliphatic heterocycles. The monoisotopic (exact) mass is 343 g/mol. The van der Waals surface area contributed by atoms with E-state index < -0.39 is 0 Å². The third-order valence-electron chi connectivity index (χ3n) is 4.56. The van der Waals surface area contributed by atoms with Gasteiger partial charge in [-0.05, 0) is 44.4 Å². The van der Waals surface area contributed by atoms with E-state index in [2.05, 4.69) is 15.5 Å². The number of urea groups is 1. The Balaban J connectivity index is 1.68. The van der Waals surface area contributed by atoms with Gasteiger partial charge in [-0.1, -0.05) is 12.1 Å². The summed E-state index contributed by atoms with van der Waals surface area (Å²) in [6.45, 7) is 5.30. The molecule has 2 atom stereocenters. The second kappa shape index (κ2) is 7.55. The van der Waals surface area contributed by atoms with Crippen molar-refractivity contribution < 1.29 is 9.53 Å². The summed E-state index contributed by atoms with van der Waals surface area (Å²) in [6, 6.07) is 7.88. The second-order valence-electron chi connectivity index (χ2n) is 6.32. The predicted octanol–water partition coefficient (Wildman–Crippen LogP) is 2.82. The minimum Gasteiger partial charge on any atom is -0.494 e. The lowest BCUT2D eigenvalue weighted by Gasteiger charge is -2.27. The Bertz CT molecular complexity index is 713. The van der Waals surface area contributed by atoms with Gasteiger partial charge in [0.15, 0.2) is 5.82 Å². The largest absolute Gasteiger partial charge is 0.494 e. The predicted molar refractivity (Wildman–Crippen MR) is 94.2 cm³/mol. The van der Waals surface area contributed by atoms with Gasteiger partial charge in [0, 0.05) is 13.6 Å². The van der Waals surface area contributed by atoms with Gasteiger partial charge in [0.25, 0.3) is 0 Å². The van der Waals surface area contributed by atoms with Gasteiger partial charge in [-0.2, -0.15) is 0 Å². The number of nitrogens with zero attached hydrogens (tertiary/aromatic N) is 4. The highest BCUT2D eigenvalue weighted by Crippen LogP contribution is 2.33. The highest BCUT2D eigenvalue weighted by molar-refractivity contribution is 5.75. The summed E-state index contributed by atoms with van der Waals surface area (Å²) in [6.07, 6.45) is 3.61. The molecule has 2 amide bonds. The smallest absolute Gasteiger partial charge is 0.318 e. The number of amides is 2. The molecule has 1 aromatic carbocycles. The fraction of sp³-hybridized carbons (Fsp3) is 0.500. The summed E-state index contributed by atoms with van der Waals surface area (Å²) < 4.78 is 7.31. The van der Waals surface area contributed by atoms with Gasteiger partial charge in [-0.3, -0.25) is 0 Å². The number of aryl methyl sites for hydroxylation is 1. The van der Waals surface area contributed by atoms with E-state index in [1.165, 1.54) is 0 Å². The first kappa shape index (κ1) is 17.3. The van der Waals surface area contributed by atoms with Crippen LogP contribution in [0.2, 0.25) is 0 Å². The van der Waals surface area contributed by atoms with Crippen LogP contribution in [0.3, 0.4) is 0 Å². The second-order valence-corrected chi connectivity index (χ2v) is 6.32. The number of hydrogen-bond donors (Lipinski definition) is 1. The average molecular weight is 343 g/mol. The van der Waals surface area contributed by atoms with Crippen LogP contribution in [0, 0.1) is 0 Å². The fourth-order valence-corrected chi connectivity index (χ4v) is 3.33. The van der Waals surface area contributed by atoms with E-state index in [0.717, 1.165) is 36.5 Å². The van der Waals surface area contributed by atoms with Crippen molar-refractivity contribution in [3.63, 3.8) is 0 Å².